The van der Waals surface area contributed by atoms with Crippen molar-refractivity contribution in [2.24, 2.45) is 0 Å². The number of benzene rings is 1. The molecule has 8 heteroatoms. The number of nitrogens with zero attached hydrogens (tertiary/aromatic N) is 2. The smallest absolute Gasteiger partial charge is 0.307 e. The van der Waals surface area contributed by atoms with Crippen molar-refractivity contribution in [2.45, 2.75) is 36.0 Å². The van der Waals surface area contributed by atoms with Crippen LogP contribution in [-0.4, -0.2) is 47.1 Å². The van der Waals surface area contributed by atoms with Crippen molar-refractivity contribution in [3.05, 3.63) is 24.3 Å². The Morgan fingerprint density at radius 2 is 2.08 bits per heavy atom. The van der Waals surface area contributed by atoms with E-state index in [0.29, 0.717) is 0 Å². The highest BCUT2D eigenvalue weighted by atomic mass is 32.2. The second-order valence-electron chi connectivity index (χ2n) is 6.08. The zero-order chi connectivity index (χ0) is 18.6. The Balaban J connectivity index is 1.88. The fourth-order valence-electron chi connectivity index (χ4n) is 2.06. The molecule has 1 N–H and O–H groups in total. The van der Waals surface area contributed by atoms with E-state index in [9.17, 15) is 14.4 Å². The number of hydrogen-bond donors (Lipinski definition) is 1. The molecule has 0 aromatic heterocycles. The van der Waals surface area contributed by atoms with Crippen molar-refractivity contribution in [2.75, 3.05) is 19.0 Å². The van der Waals surface area contributed by atoms with Gasteiger partial charge >= 0.3 is 5.97 Å². The molecular formula is C17H19N3O4S. The van der Waals surface area contributed by atoms with Gasteiger partial charge in [0.05, 0.1) is 23.4 Å². The van der Waals surface area contributed by atoms with Crippen LogP contribution in [0.3, 0.4) is 0 Å². The van der Waals surface area contributed by atoms with Gasteiger partial charge < -0.3 is 15.0 Å². The van der Waals surface area contributed by atoms with Crippen LogP contribution in [-0.2, 0) is 19.1 Å². The summed E-state index contributed by atoms with van der Waals surface area (Å²) in [6.45, 7) is 2.72. The van der Waals surface area contributed by atoms with Crippen molar-refractivity contribution in [3.8, 4) is 6.07 Å². The minimum absolute atomic E-state index is 0.135. The molecule has 0 unspecified atom stereocenters. The molecule has 1 heterocycles. The Bertz CT molecular complexity index is 742. The van der Waals surface area contributed by atoms with Crippen molar-refractivity contribution >= 4 is 35.2 Å². The summed E-state index contributed by atoms with van der Waals surface area (Å²) in [5, 5.41) is 11.2. The van der Waals surface area contributed by atoms with Crippen LogP contribution in [0.25, 0.3) is 0 Å². The first kappa shape index (κ1) is 18.8. The molecule has 2 rings (SSSR count). The van der Waals surface area contributed by atoms with E-state index in [4.69, 9.17) is 10.00 Å². The summed E-state index contributed by atoms with van der Waals surface area (Å²) in [5.41, 5.74) is -0.274. The van der Waals surface area contributed by atoms with Crippen LogP contribution in [0, 0.1) is 11.3 Å². The number of ether oxygens (including phenoxy) is 1. The lowest BCUT2D eigenvalue weighted by molar-refractivity contribution is -0.153. The molecule has 1 atom stereocenters. The number of rotatable bonds is 5. The van der Waals surface area contributed by atoms with Crippen LogP contribution in [0.1, 0.15) is 20.3 Å². The number of para-hydroxylation sites is 1. The Labute approximate surface area is 150 Å². The zero-order valence-corrected chi connectivity index (χ0v) is 15.1. The van der Waals surface area contributed by atoms with Crippen LogP contribution in [0.4, 0.5) is 5.69 Å². The molecule has 1 aromatic carbocycles. The fraction of sp³-hybridized carbons (Fsp3) is 0.412. The average molecular weight is 361 g/mol. The Morgan fingerprint density at radius 1 is 1.40 bits per heavy atom. The highest BCUT2D eigenvalue weighted by Gasteiger charge is 2.31. The second kappa shape index (κ2) is 7.57. The lowest BCUT2D eigenvalue weighted by atomic mass is 10.1. The maximum atomic E-state index is 12.1. The lowest BCUT2D eigenvalue weighted by Crippen LogP contribution is -2.45. The maximum absolute atomic E-state index is 12.1. The number of carbonyl (C=O) groups is 3. The van der Waals surface area contributed by atoms with E-state index in [1.54, 1.807) is 19.9 Å². The summed E-state index contributed by atoms with van der Waals surface area (Å²) in [6, 6.07) is 9.32. The first-order valence-electron chi connectivity index (χ1n) is 7.64. The highest BCUT2D eigenvalue weighted by molar-refractivity contribution is 8.01. The SMILES string of the molecule is CN(C(=O)COC(=O)C[C@@H]1Sc2ccccc2NC1=O)C(C)(C)C#N. The zero-order valence-electron chi connectivity index (χ0n) is 14.2. The number of nitriles is 1. The molecule has 132 valence electrons. The van der Waals surface area contributed by atoms with E-state index in [0.717, 1.165) is 10.6 Å². The minimum Gasteiger partial charge on any atom is -0.456 e. The van der Waals surface area contributed by atoms with Crippen molar-refractivity contribution in [1.82, 2.24) is 4.90 Å². The summed E-state index contributed by atoms with van der Waals surface area (Å²) in [5.74, 6) is -1.38. The monoisotopic (exact) mass is 361 g/mol. The molecule has 2 amide bonds. The third-order valence-corrected chi connectivity index (χ3v) is 5.18. The average Bonchev–Trinajstić information content (AvgIpc) is 2.59. The van der Waals surface area contributed by atoms with Crippen LogP contribution in [0.5, 0.6) is 0 Å². The number of thioether (sulfide) groups is 1. The van der Waals surface area contributed by atoms with Gasteiger partial charge in [-0.05, 0) is 26.0 Å². The van der Waals surface area contributed by atoms with E-state index in [1.807, 2.05) is 24.3 Å². The largest absolute Gasteiger partial charge is 0.456 e. The number of anilines is 1. The van der Waals surface area contributed by atoms with E-state index in [2.05, 4.69) is 5.32 Å². The summed E-state index contributed by atoms with van der Waals surface area (Å²) in [7, 11) is 1.47. The van der Waals surface area contributed by atoms with Crippen LogP contribution < -0.4 is 5.32 Å². The minimum atomic E-state index is -0.994. The molecule has 0 saturated heterocycles. The fourth-order valence-corrected chi connectivity index (χ4v) is 3.16. The van der Waals surface area contributed by atoms with Gasteiger partial charge in [-0.3, -0.25) is 14.4 Å². The van der Waals surface area contributed by atoms with Crippen molar-refractivity contribution in [1.29, 1.82) is 5.26 Å². The molecule has 0 aliphatic carbocycles. The van der Waals surface area contributed by atoms with E-state index in [-0.39, 0.29) is 12.3 Å². The molecule has 1 aromatic rings. The number of carbonyl (C=O) groups excluding carboxylic acids is 3. The molecule has 0 saturated carbocycles. The Kier molecular flexibility index (Phi) is 5.69. The van der Waals surface area contributed by atoms with Crippen molar-refractivity contribution < 1.29 is 19.1 Å². The van der Waals surface area contributed by atoms with Crippen LogP contribution in [0.15, 0.2) is 29.2 Å². The van der Waals surface area contributed by atoms with Gasteiger partial charge in [-0.1, -0.05) is 12.1 Å². The lowest BCUT2D eigenvalue weighted by Gasteiger charge is -2.29. The standard InChI is InChI=1S/C17H19N3O4S/c1-17(2,10-18)20(3)14(21)9-24-15(22)8-13-16(23)19-11-6-4-5-7-12(11)25-13/h4-7,13H,8-9H2,1-3H3,(H,19,23)/t13-/m0/s1. The van der Waals surface area contributed by atoms with Crippen LogP contribution >= 0.6 is 11.8 Å². The molecule has 0 bridgehead atoms. The van der Waals surface area contributed by atoms with Gasteiger partial charge in [-0.15, -0.1) is 11.8 Å². The van der Waals surface area contributed by atoms with Crippen LogP contribution in [0.2, 0.25) is 0 Å². The number of amides is 2. The molecule has 0 radical (unpaired) electrons. The number of fused-ring (bicyclic) bond motifs is 1. The number of nitrogens with one attached hydrogen (secondary N) is 1. The Morgan fingerprint density at radius 3 is 2.76 bits per heavy atom. The second-order valence-corrected chi connectivity index (χ2v) is 7.32. The van der Waals surface area contributed by atoms with Gasteiger partial charge in [0, 0.05) is 11.9 Å². The van der Waals surface area contributed by atoms with Gasteiger partial charge in [-0.2, -0.15) is 5.26 Å². The topological polar surface area (TPSA) is 99.5 Å². The maximum Gasteiger partial charge on any atom is 0.307 e. The number of esters is 1. The van der Waals surface area contributed by atoms with Gasteiger partial charge in [0.2, 0.25) is 5.91 Å². The third kappa shape index (κ3) is 4.51. The summed E-state index contributed by atoms with van der Waals surface area (Å²) >= 11 is 1.29. The molecule has 25 heavy (non-hydrogen) atoms. The normalized spacial score (nSPS) is 16.2. The molecular weight excluding hydrogens is 342 g/mol. The molecule has 1 aliphatic heterocycles. The molecule has 1 aliphatic rings. The Hall–Kier alpha value is -2.53. The van der Waals surface area contributed by atoms with Crippen molar-refractivity contribution in [3.63, 3.8) is 0 Å². The predicted molar refractivity (Wildman–Crippen MR) is 92.8 cm³/mol. The molecule has 7 nitrogen and oxygen atoms in total. The summed E-state index contributed by atoms with van der Waals surface area (Å²) in [4.78, 5) is 38.1. The molecule has 0 fully saturated rings. The first-order valence-corrected chi connectivity index (χ1v) is 8.52. The summed E-state index contributed by atoms with van der Waals surface area (Å²) < 4.78 is 4.97. The van der Waals surface area contributed by atoms with E-state index < -0.39 is 29.3 Å². The quantitative estimate of drug-likeness (QED) is 0.803. The number of hydrogen-bond acceptors (Lipinski definition) is 6. The van der Waals surface area contributed by atoms with Gasteiger partial charge in [0.1, 0.15) is 5.54 Å². The predicted octanol–water partition coefficient (Wildman–Crippen LogP) is 1.79. The third-order valence-electron chi connectivity index (χ3n) is 3.90. The van der Waals surface area contributed by atoms with Gasteiger partial charge in [-0.25, -0.2) is 0 Å². The van der Waals surface area contributed by atoms with Gasteiger partial charge in [0.15, 0.2) is 6.61 Å². The molecule has 0 spiro atoms. The van der Waals surface area contributed by atoms with E-state index in [1.165, 1.54) is 23.7 Å². The highest BCUT2D eigenvalue weighted by Crippen LogP contribution is 2.36. The number of likely N-dealkylation sites (N-methyl/N-ethyl adjacent to an activating group) is 1. The summed E-state index contributed by atoms with van der Waals surface area (Å²) in [6.07, 6.45) is -0.135. The first-order chi connectivity index (χ1) is 11.7. The van der Waals surface area contributed by atoms with Gasteiger partial charge in [0.25, 0.3) is 5.91 Å². The van der Waals surface area contributed by atoms with E-state index >= 15 is 0 Å².